The van der Waals surface area contributed by atoms with Gasteiger partial charge in [0.2, 0.25) is 7.94 Å². The highest BCUT2D eigenvalue weighted by molar-refractivity contribution is 7.60. The van der Waals surface area contributed by atoms with Crippen molar-refractivity contribution in [2.75, 3.05) is 0 Å². The first kappa shape index (κ1) is 24.1. The van der Waals surface area contributed by atoms with Crippen molar-refractivity contribution in [1.82, 2.24) is 0 Å². The molecular weight excluding hydrogens is 463 g/mol. The molecule has 10 aliphatic rings. The van der Waals surface area contributed by atoms with Gasteiger partial charge in [0.05, 0.1) is 0 Å². The van der Waals surface area contributed by atoms with Crippen LogP contribution >= 0.6 is 7.94 Å². The van der Waals surface area contributed by atoms with Gasteiger partial charge in [0.25, 0.3) is 0 Å². The van der Waals surface area contributed by atoms with Crippen molar-refractivity contribution < 1.29 is 13.9 Å². The van der Waals surface area contributed by atoms with Crippen LogP contribution in [-0.2, 0) is 9.05 Å². The van der Waals surface area contributed by atoms with E-state index >= 15 is 4.89 Å². The van der Waals surface area contributed by atoms with Gasteiger partial charge in [-0.05, 0) is 137 Å². The molecule has 1 heterocycles. The van der Waals surface area contributed by atoms with Crippen molar-refractivity contribution in [3.63, 3.8) is 0 Å². The lowest BCUT2D eigenvalue weighted by atomic mass is 9.44. The molecule has 3 nitrogen and oxygen atoms in total. The van der Waals surface area contributed by atoms with E-state index in [0.717, 1.165) is 41.9 Å². The molecule has 9 aliphatic carbocycles. The monoisotopic (exact) mass is 514 g/mol. The van der Waals surface area contributed by atoms with Crippen molar-refractivity contribution in [3.8, 4) is 0 Å². The maximum Gasteiger partial charge on any atom is 0.242 e. The topological polar surface area (TPSA) is 41.5 Å². The Hall–Kier alpha value is 0.310. The van der Waals surface area contributed by atoms with Gasteiger partial charge in [0, 0.05) is 16.7 Å². The Balaban J connectivity index is 1.19. The van der Waals surface area contributed by atoms with Gasteiger partial charge in [0.1, 0.15) is 17.9 Å². The van der Waals surface area contributed by atoms with E-state index < -0.39 is 7.94 Å². The van der Waals surface area contributed by atoms with Crippen LogP contribution in [0.5, 0.6) is 0 Å². The maximum atomic E-state index is 15.2. The highest BCUT2D eigenvalue weighted by Crippen LogP contribution is 2.77. The van der Waals surface area contributed by atoms with Crippen LogP contribution in [0.15, 0.2) is 0 Å². The first-order valence-electron chi connectivity index (χ1n) is 16.2. The standard InChI is InChI=1S/C32H51O3P/c1-19(2)27-5-4-20(3)6-28(27)36(33)34-29(31-13-21-7-22(14-31)9-23(8-21)15-31)30(35-36)32-16-24-10-25(17-32)12-26(11-24)18-32/h19-30H,4-18H2,1-3H3/t20-,21?,22?,23?,24?,25?,26?,27+,28-,29+,30+,31?,32?,36?/m1/s1. The van der Waals surface area contributed by atoms with Crippen molar-refractivity contribution in [2.24, 2.45) is 64.1 Å². The van der Waals surface area contributed by atoms with Crippen molar-refractivity contribution in [3.05, 3.63) is 0 Å². The molecule has 202 valence electrons. The second kappa shape index (κ2) is 8.17. The molecule has 1 aliphatic heterocycles. The van der Waals surface area contributed by atoms with Crippen LogP contribution in [0.3, 0.4) is 0 Å². The van der Waals surface area contributed by atoms with Gasteiger partial charge < -0.3 is 4.89 Å². The molecule has 10 fully saturated rings. The minimum atomic E-state index is -3.15. The van der Waals surface area contributed by atoms with Crippen LogP contribution < -0.4 is 4.89 Å². The van der Waals surface area contributed by atoms with E-state index in [9.17, 15) is 0 Å². The molecule has 5 atom stereocenters. The van der Waals surface area contributed by atoms with E-state index in [-0.39, 0.29) is 28.7 Å². The van der Waals surface area contributed by atoms with Crippen LogP contribution in [0.4, 0.5) is 0 Å². The predicted octanol–water partition coefficient (Wildman–Crippen LogP) is 7.79. The maximum absolute atomic E-state index is 15.2. The molecule has 0 unspecified atom stereocenters. The molecule has 4 heteroatoms. The molecule has 0 aromatic heterocycles. The average molecular weight is 515 g/mol. The Labute approximate surface area is 220 Å². The minimum absolute atomic E-state index is 0.109. The van der Waals surface area contributed by atoms with Crippen LogP contribution in [-0.4, -0.2) is 17.9 Å². The molecular formula is C32H51O3P. The van der Waals surface area contributed by atoms with E-state index in [1.54, 1.807) is 0 Å². The summed E-state index contributed by atoms with van der Waals surface area (Å²) in [4.78, 5) is 15.2. The normalized spacial score (nSPS) is 61.4. The lowest BCUT2D eigenvalue weighted by Gasteiger charge is -2.62. The van der Waals surface area contributed by atoms with Gasteiger partial charge in [0.15, 0.2) is 0 Å². The van der Waals surface area contributed by atoms with Crippen LogP contribution in [0, 0.1) is 64.1 Å². The van der Waals surface area contributed by atoms with Gasteiger partial charge in [-0.1, -0.05) is 27.2 Å². The second-order valence-corrected chi connectivity index (χ2v) is 18.7. The molecule has 0 spiro atoms. The quantitative estimate of drug-likeness (QED) is 0.360. The lowest BCUT2D eigenvalue weighted by molar-refractivity contribution is -0.219. The summed E-state index contributed by atoms with van der Waals surface area (Å²) in [5.41, 5.74) is 0.627. The van der Waals surface area contributed by atoms with Gasteiger partial charge in [-0.2, -0.15) is 0 Å². The zero-order chi connectivity index (χ0) is 24.4. The lowest BCUT2D eigenvalue weighted by Crippen LogP contribution is -2.60. The third-order valence-corrected chi connectivity index (χ3v) is 16.0. The van der Waals surface area contributed by atoms with Gasteiger partial charge in [-0.25, -0.2) is 9.05 Å². The average Bonchev–Trinajstić information content (AvgIpc) is 3.18. The van der Waals surface area contributed by atoms with Gasteiger partial charge in [-0.15, -0.1) is 0 Å². The summed E-state index contributed by atoms with van der Waals surface area (Å²) in [6.07, 6.45) is 20.5. The summed E-state index contributed by atoms with van der Waals surface area (Å²) in [6, 6.07) is 0. The third kappa shape index (κ3) is 3.57. The van der Waals surface area contributed by atoms with E-state index in [1.807, 2.05) is 0 Å². The Morgan fingerprint density at radius 2 is 1.03 bits per heavy atom. The Morgan fingerprint density at radius 3 is 1.39 bits per heavy atom. The molecule has 10 rings (SSSR count). The van der Waals surface area contributed by atoms with Crippen LogP contribution in [0.2, 0.25) is 0 Å². The highest BCUT2D eigenvalue weighted by Gasteiger charge is 2.71. The molecule has 9 saturated carbocycles. The van der Waals surface area contributed by atoms with E-state index in [2.05, 4.69) is 20.8 Å². The van der Waals surface area contributed by atoms with Crippen molar-refractivity contribution in [2.45, 2.75) is 135 Å². The molecule has 0 aromatic carbocycles. The molecule has 8 bridgehead atoms. The zero-order valence-corrected chi connectivity index (χ0v) is 24.1. The molecule has 0 N–H and O–H groups in total. The van der Waals surface area contributed by atoms with E-state index in [0.29, 0.717) is 17.8 Å². The van der Waals surface area contributed by atoms with E-state index in [1.165, 1.54) is 89.9 Å². The smallest absolute Gasteiger partial charge is 0.242 e. The summed E-state index contributed by atoms with van der Waals surface area (Å²) in [6.45, 7) is 7.07. The fourth-order valence-electron chi connectivity index (χ4n) is 13.0. The van der Waals surface area contributed by atoms with Gasteiger partial charge >= 0.3 is 0 Å². The Bertz CT molecular complexity index is 760. The van der Waals surface area contributed by atoms with Gasteiger partial charge in [-0.3, -0.25) is 0 Å². The fraction of sp³-hybridized carbons (Fsp3) is 1.00. The summed E-state index contributed by atoms with van der Waals surface area (Å²) in [5.74, 6) is 7.07. The van der Waals surface area contributed by atoms with E-state index in [4.69, 9.17) is 9.05 Å². The number of hydrogen-bond acceptors (Lipinski definition) is 3. The first-order chi connectivity index (χ1) is 17.2. The largest absolute Gasteiger partial charge is 0.631 e. The summed E-state index contributed by atoms with van der Waals surface area (Å²) in [7, 11) is -3.15. The summed E-state index contributed by atoms with van der Waals surface area (Å²) >= 11 is 0. The minimum Gasteiger partial charge on any atom is -0.631 e. The Morgan fingerprint density at radius 1 is 0.639 bits per heavy atom. The van der Waals surface area contributed by atoms with Crippen LogP contribution in [0.25, 0.3) is 0 Å². The first-order valence-corrected chi connectivity index (χ1v) is 17.8. The number of rotatable bonds is 4. The highest BCUT2D eigenvalue weighted by atomic mass is 31.2. The fourth-order valence-corrected chi connectivity index (χ4v) is 16.3. The number of hydrogen-bond donors (Lipinski definition) is 0. The molecule has 0 amide bonds. The third-order valence-electron chi connectivity index (χ3n) is 13.6. The summed E-state index contributed by atoms with van der Waals surface area (Å²) < 4.78 is 14.5. The predicted molar refractivity (Wildman–Crippen MR) is 143 cm³/mol. The molecule has 0 aromatic rings. The molecule has 36 heavy (non-hydrogen) atoms. The molecule has 1 saturated heterocycles. The Kier molecular flexibility index (Phi) is 5.48. The van der Waals surface area contributed by atoms with Crippen LogP contribution in [0.1, 0.15) is 117 Å². The zero-order valence-electron chi connectivity index (χ0n) is 23.2. The van der Waals surface area contributed by atoms with Crippen molar-refractivity contribution >= 4 is 7.94 Å². The molecule has 0 radical (unpaired) electrons. The second-order valence-electron chi connectivity index (χ2n) is 16.5. The summed E-state index contributed by atoms with van der Waals surface area (Å²) in [5, 5.41) is 0. The van der Waals surface area contributed by atoms with Crippen molar-refractivity contribution in [1.29, 1.82) is 0 Å². The SMILES string of the molecule is CC(C)[C@@H]1CC[C@@H](C)C[C@H]1[P+]1([O-])O[C@H](C23CC4CC(CC(C4)C2)C3)[C@@H](C23CC4CC(CC(C4)C2)C3)O1.